The van der Waals surface area contributed by atoms with Crippen LogP contribution in [0.15, 0.2) is 46.0 Å². The summed E-state index contributed by atoms with van der Waals surface area (Å²) in [6.07, 6.45) is 0.642. The van der Waals surface area contributed by atoms with Gasteiger partial charge in [-0.05, 0) is 19.1 Å². The minimum Gasteiger partial charge on any atom is -0.456 e. The van der Waals surface area contributed by atoms with Gasteiger partial charge in [0.1, 0.15) is 11.1 Å². The van der Waals surface area contributed by atoms with Crippen molar-refractivity contribution in [1.82, 2.24) is 15.2 Å². The molecule has 0 amide bonds. The minimum atomic E-state index is -0.477. The van der Waals surface area contributed by atoms with Crippen LogP contribution in [0.5, 0.6) is 0 Å². The van der Waals surface area contributed by atoms with E-state index in [-0.39, 0.29) is 5.76 Å². The van der Waals surface area contributed by atoms with E-state index in [2.05, 4.69) is 15.2 Å². The van der Waals surface area contributed by atoms with Crippen LogP contribution in [0, 0.1) is 6.92 Å². The summed E-state index contributed by atoms with van der Waals surface area (Å²) in [5, 5.41) is 7.08. The van der Waals surface area contributed by atoms with Crippen LogP contribution in [-0.4, -0.2) is 21.5 Å². The van der Waals surface area contributed by atoms with E-state index in [0.717, 1.165) is 5.56 Å². The van der Waals surface area contributed by atoms with Crippen molar-refractivity contribution in [2.45, 2.75) is 17.5 Å². The molecule has 1 aromatic carbocycles. The van der Waals surface area contributed by atoms with Gasteiger partial charge in [-0.15, -0.1) is 5.10 Å². The van der Waals surface area contributed by atoms with Crippen molar-refractivity contribution >= 4 is 18.0 Å². The quantitative estimate of drug-likeness (QED) is 0.427. The lowest BCUT2D eigenvalue weighted by atomic mass is 10.1. The fourth-order valence-electron chi connectivity index (χ4n) is 1.90. The van der Waals surface area contributed by atoms with Gasteiger partial charge in [-0.25, -0.2) is 4.98 Å². The number of benzene rings is 1. The van der Waals surface area contributed by atoms with Gasteiger partial charge in [-0.3, -0.25) is 9.89 Å². The molecule has 112 valence electrons. The Morgan fingerprint density at radius 3 is 2.73 bits per heavy atom. The molecule has 1 unspecified atom stereocenters. The summed E-state index contributed by atoms with van der Waals surface area (Å²) in [4.78, 5) is 15.0. The van der Waals surface area contributed by atoms with E-state index in [9.17, 15) is 4.79 Å². The number of carbonyl (C=O) groups excluding carboxylic acids is 1. The van der Waals surface area contributed by atoms with Gasteiger partial charge in [0, 0.05) is 5.56 Å². The maximum absolute atomic E-state index is 10.6. The maximum Gasteiger partial charge on any atom is 0.210 e. The zero-order valence-corrected chi connectivity index (χ0v) is 12.6. The highest BCUT2D eigenvalue weighted by Gasteiger charge is 2.16. The standard InChI is InChI=1S/C15H14N4O2S/c1-9-2-4-10(5-3-9)14-17-15(19-18-14)22-13(16)12-7-6-11(8-20)21-12/h2-8,13H,16H2,1H3,(H,17,18,19). The SMILES string of the molecule is Cc1ccc(-c2nc(SC(N)c3ccc(C=O)o3)n[nH]2)cc1. The molecule has 2 heterocycles. The Morgan fingerprint density at radius 2 is 2.05 bits per heavy atom. The van der Waals surface area contributed by atoms with Crippen molar-refractivity contribution in [2.75, 3.05) is 0 Å². The average molecular weight is 314 g/mol. The molecule has 6 nitrogen and oxygen atoms in total. The van der Waals surface area contributed by atoms with Gasteiger partial charge in [-0.2, -0.15) is 0 Å². The van der Waals surface area contributed by atoms with Crippen LogP contribution in [0.2, 0.25) is 0 Å². The Morgan fingerprint density at radius 1 is 1.27 bits per heavy atom. The first-order valence-corrected chi connectivity index (χ1v) is 7.50. The molecule has 0 fully saturated rings. The maximum atomic E-state index is 10.6. The second-order valence-electron chi connectivity index (χ2n) is 4.73. The monoisotopic (exact) mass is 314 g/mol. The van der Waals surface area contributed by atoms with E-state index in [0.29, 0.717) is 23.0 Å². The Balaban J connectivity index is 1.73. The van der Waals surface area contributed by atoms with Crippen LogP contribution in [0.25, 0.3) is 11.4 Å². The zero-order valence-electron chi connectivity index (χ0n) is 11.8. The van der Waals surface area contributed by atoms with Gasteiger partial charge in [0.15, 0.2) is 17.9 Å². The highest BCUT2D eigenvalue weighted by molar-refractivity contribution is 7.99. The third kappa shape index (κ3) is 3.10. The summed E-state index contributed by atoms with van der Waals surface area (Å²) >= 11 is 1.25. The Labute approximate surface area is 131 Å². The van der Waals surface area contributed by atoms with Crippen molar-refractivity contribution in [3.63, 3.8) is 0 Å². The van der Waals surface area contributed by atoms with Gasteiger partial charge in [-0.1, -0.05) is 41.6 Å². The molecule has 3 N–H and O–H groups in total. The molecule has 0 spiro atoms. The first kappa shape index (κ1) is 14.6. The van der Waals surface area contributed by atoms with Crippen molar-refractivity contribution in [3.8, 4) is 11.4 Å². The topological polar surface area (TPSA) is 97.8 Å². The molecule has 0 aliphatic heterocycles. The number of furan rings is 1. The summed E-state index contributed by atoms with van der Waals surface area (Å²) < 4.78 is 5.29. The van der Waals surface area contributed by atoms with E-state index in [4.69, 9.17) is 10.2 Å². The largest absolute Gasteiger partial charge is 0.456 e. The summed E-state index contributed by atoms with van der Waals surface area (Å²) in [5.74, 6) is 1.44. The van der Waals surface area contributed by atoms with Gasteiger partial charge < -0.3 is 10.2 Å². The van der Waals surface area contributed by atoms with Crippen molar-refractivity contribution in [2.24, 2.45) is 5.73 Å². The Bertz CT molecular complexity index is 779. The third-order valence-electron chi connectivity index (χ3n) is 3.07. The van der Waals surface area contributed by atoms with Gasteiger partial charge in [0.25, 0.3) is 0 Å². The molecule has 7 heteroatoms. The van der Waals surface area contributed by atoms with E-state index >= 15 is 0 Å². The van der Waals surface area contributed by atoms with Crippen molar-refractivity contribution < 1.29 is 9.21 Å². The van der Waals surface area contributed by atoms with E-state index in [1.807, 2.05) is 31.2 Å². The summed E-state index contributed by atoms with van der Waals surface area (Å²) in [7, 11) is 0. The second kappa shape index (κ2) is 6.17. The fraction of sp³-hybridized carbons (Fsp3) is 0.133. The van der Waals surface area contributed by atoms with Gasteiger partial charge in [0.05, 0.1) is 0 Å². The van der Waals surface area contributed by atoms with Crippen LogP contribution in [0.1, 0.15) is 27.3 Å². The number of H-pyrrole nitrogens is 1. The lowest BCUT2D eigenvalue weighted by molar-refractivity contribution is 0.109. The highest BCUT2D eigenvalue weighted by Crippen LogP contribution is 2.30. The second-order valence-corrected chi connectivity index (χ2v) is 5.84. The fourth-order valence-corrected chi connectivity index (χ4v) is 2.61. The number of aryl methyl sites for hydroxylation is 1. The average Bonchev–Trinajstić information content (AvgIpc) is 3.17. The first-order valence-electron chi connectivity index (χ1n) is 6.62. The van der Waals surface area contributed by atoms with E-state index in [1.165, 1.54) is 17.3 Å². The molecule has 0 saturated carbocycles. The number of nitrogens with two attached hydrogens (primary N) is 1. The molecular formula is C15H14N4O2S. The normalized spacial score (nSPS) is 12.3. The number of rotatable bonds is 5. The van der Waals surface area contributed by atoms with Crippen LogP contribution in [0.4, 0.5) is 0 Å². The molecule has 0 aliphatic rings. The number of hydrogen-bond acceptors (Lipinski definition) is 6. The van der Waals surface area contributed by atoms with E-state index < -0.39 is 5.37 Å². The number of thioether (sulfide) groups is 1. The molecule has 3 aromatic rings. The molecule has 3 rings (SSSR count). The zero-order chi connectivity index (χ0) is 15.5. The minimum absolute atomic E-state index is 0.251. The number of aromatic amines is 1. The highest BCUT2D eigenvalue weighted by atomic mass is 32.2. The number of carbonyl (C=O) groups is 1. The number of hydrogen-bond donors (Lipinski definition) is 2. The Kier molecular flexibility index (Phi) is 4.08. The molecule has 2 aromatic heterocycles. The number of aromatic nitrogens is 3. The smallest absolute Gasteiger partial charge is 0.210 e. The molecule has 0 aliphatic carbocycles. The number of nitrogens with zero attached hydrogens (tertiary/aromatic N) is 2. The van der Waals surface area contributed by atoms with Gasteiger partial charge >= 0.3 is 0 Å². The predicted octanol–water partition coefficient (Wildman–Crippen LogP) is 2.94. The molecular weight excluding hydrogens is 300 g/mol. The van der Waals surface area contributed by atoms with Crippen LogP contribution in [-0.2, 0) is 0 Å². The number of nitrogens with one attached hydrogen (secondary N) is 1. The molecule has 22 heavy (non-hydrogen) atoms. The van der Waals surface area contributed by atoms with Crippen molar-refractivity contribution in [1.29, 1.82) is 0 Å². The number of aldehydes is 1. The van der Waals surface area contributed by atoms with Gasteiger partial charge in [0.2, 0.25) is 5.16 Å². The lowest BCUT2D eigenvalue weighted by Crippen LogP contribution is -2.04. The summed E-state index contributed by atoms with van der Waals surface area (Å²) in [5.41, 5.74) is 8.16. The summed E-state index contributed by atoms with van der Waals surface area (Å²) in [6.45, 7) is 2.03. The molecule has 0 saturated heterocycles. The molecule has 1 atom stereocenters. The van der Waals surface area contributed by atoms with Crippen LogP contribution < -0.4 is 5.73 Å². The molecule has 0 radical (unpaired) electrons. The molecule has 0 bridgehead atoms. The van der Waals surface area contributed by atoms with Crippen LogP contribution in [0.3, 0.4) is 0 Å². The van der Waals surface area contributed by atoms with Crippen molar-refractivity contribution in [3.05, 3.63) is 53.5 Å². The third-order valence-corrected chi connectivity index (χ3v) is 3.95. The van der Waals surface area contributed by atoms with Crippen LogP contribution >= 0.6 is 11.8 Å². The first-order chi connectivity index (χ1) is 10.7. The predicted molar refractivity (Wildman–Crippen MR) is 83.4 cm³/mol. The van der Waals surface area contributed by atoms with E-state index in [1.54, 1.807) is 12.1 Å². The Hall–Kier alpha value is -2.38. The lowest BCUT2D eigenvalue weighted by Gasteiger charge is -2.04. The summed E-state index contributed by atoms with van der Waals surface area (Å²) in [6, 6.07) is 11.2.